The number of fused-ring (bicyclic) bond motifs is 2. The summed E-state index contributed by atoms with van der Waals surface area (Å²) in [6, 6.07) is -6.37. The van der Waals surface area contributed by atoms with E-state index in [2.05, 4.69) is 110 Å². The van der Waals surface area contributed by atoms with Crippen LogP contribution < -0.4 is 91.6 Å². The molecule has 0 radical (unpaired) electrons. The molecule has 0 unspecified atom stereocenters. The molecule has 0 aliphatic carbocycles. The number of nitrogens with one attached hydrogen (secondary N) is 16. The molecule has 39 nitrogen and oxygen atoms in total. The average molecular weight is 1820 g/mol. The van der Waals surface area contributed by atoms with E-state index in [1.54, 1.807) is 124 Å². The van der Waals surface area contributed by atoms with Gasteiger partial charge in [-0.1, -0.05) is 125 Å². The first-order valence-corrected chi connectivity index (χ1v) is 44.9. The number of carboxylic acids is 1. The zero-order chi connectivity index (χ0) is 94.8. The quantitative estimate of drug-likeness (QED) is 0.0179. The highest BCUT2D eigenvalue weighted by molar-refractivity contribution is 7.80. The average Bonchev–Trinajstić information content (AvgIpc) is 1.71. The molecule has 25 N–H and O–H groups in total. The maximum absolute atomic E-state index is 15.2. The highest BCUT2D eigenvalue weighted by Gasteiger charge is 2.44. The SMILES string of the molecule is CC[C@H](C)[C@H](NC(=O)[C@H](Cc1c[nH]c2ccccc12)NC(=O)[C@H](CCCCN)NC(=O)CNC(=O)[C@H]1CCCN1C(=O)[C@@H](NC(=O)[C@H](Cc1c[nH]c2ccccc12)NC(=O)[C@@H](NC(=O)[C@@H](NC(=O)[C@H](CC(C)C)NC(=O)[C@H](CS)NC(=O)[C@@H](N)CCCCN)[C@@H](C)O)C(C)C)[C@@H](C)CC)C(=O)N[C@H](C(=O)N[C@H](C(=O)N[C@@H](CS)C(=O)N[C@@H](C)C(=O)O)C(C)C)[C@@H](C)O. The van der Waals surface area contributed by atoms with Gasteiger partial charge in [0.2, 0.25) is 88.6 Å². The number of unbranched alkanes of at least 4 members (excludes halogenated alkanes) is 2. The van der Waals surface area contributed by atoms with Gasteiger partial charge < -0.3 is 122 Å². The van der Waals surface area contributed by atoms with Gasteiger partial charge in [-0.3, -0.25) is 76.7 Å². The normalized spacial score (nSPS) is 17.0. The van der Waals surface area contributed by atoms with Crippen molar-refractivity contribution in [3.63, 3.8) is 0 Å². The van der Waals surface area contributed by atoms with Gasteiger partial charge in [0.05, 0.1) is 24.8 Å². The molecule has 5 rings (SSSR count). The van der Waals surface area contributed by atoms with Crippen molar-refractivity contribution in [2.75, 3.05) is 37.7 Å². The molecule has 1 fully saturated rings. The molecule has 0 bridgehead atoms. The molecular weight excluding hydrogens is 1680 g/mol. The maximum atomic E-state index is 15.2. The minimum atomic E-state index is -1.75. The molecule has 1 aliphatic rings. The van der Waals surface area contributed by atoms with E-state index in [-0.39, 0.29) is 75.5 Å². The summed E-state index contributed by atoms with van der Waals surface area (Å²) in [5, 5.41) is 69.5. The van der Waals surface area contributed by atoms with Crippen molar-refractivity contribution in [2.24, 2.45) is 46.8 Å². The third kappa shape index (κ3) is 32.4. The fourth-order valence-electron chi connectivity index (χ4n) is 14.4. The zero-order valence-electron chi connectivity index (χ0n) is 74.9. The lowest BCUT2D eigenvalue weighted by atomic mass is 9.96. The number of nitrogens with two attached hydrogens (primary N) is 3. The van der Waals surface area contributed by atoms with Crippen molar-refractivity contribution < 1.29 is 92.0 Å². The standard InChI is InChI=1S/C86H136N20O19S2/c1-14-46(9)68(82(120)105-71(50(13)108)84(122)101-67(45(7)8)81(119)99-62(41-126)77(115)93-48(11)86(124)125)102-75(113)60(36-51-38-90-56-28-18-16-25-53(51)56)96-73(111)58(30-21-23-33-88)94-65(109)40-92-79(117)64-31-24-34-106(64)85(123)69(47(10)15-2)103-76(114)61(37-52-39-91-57-29-19-17-26-54(52)57)97-80(118)66(44(5)6)100-83(121)70(49(12)107)104-74(112)59(35-43(3)4)95-78(116)63(42-127)98-72(110)55(89)27-20-22-32-87/h16-19,25-26,28-29,38-39,43-50,55,58-64,66-71,90-91,107-108,126-127H,14-15,20-24,27,30-37,40-42,87-89H2,1-13H3,(H,92,117)(H,93,115)(H,94,109)(H,95,116)(H,96,111)(H,97,118)(H,98,110)(H,99,119)(H,100,121)(H,101,122)(H,102,113)(H,103,114)(H,104,112)(H,105,120)(H,124,125)/t46-,47-,48-,49+,50+,55-,58-,59-,60-,61-,62-,63-,64+,66-,67-,68-,69-,70-,71-/m0/s1. The molecule has 41 heteroatoms. The predicted molar refractivity (Wildman–Crippen MR) is 483 cm³/mol. The summed E-state index contributed by atoms with van der Waals surface area (Å²) in [4.78, 5) is 233. The number of thiol groups is 2. The Labute approximate surface area is 752 Å². The Morgan fingerprint density at radius 1 is 0.457 bits per heavy atom. The molecule has 2 aromatic heterocycles. The molecule has 1 saturated heterocycles. The number of hydrogen-bond acceptors (Lipinski definition) is 23. The second-order valence-corrected chi connectivity index (χ2v) is 34.6. The number of aliphatic hydroxyl groups excluding tert-OH is 2. The number of likely N-dealkylation sites (tertiary alicyclic amines) is 1. The van der Waals surface area contributed by atoms with E-state index in [1.165, 1.54) is 25.7 Å². The minimum Gasteiger partial charge on any atom is -0.480 e. The molecule has 19 atom stereocenters. The van der Waals surface area contributed by atoms with Gasteiger partial charge in [0.15, 0.2) is 0 Å². The summed E-state index contributed by atoms with van der Waals surface area (Å²) in [7, 11) is 0. The van der Waals surface area contributed by atoms with E-state index in [0.717, 1.165) is 0 Å². The third-order valence-corrected chi connectivity index (χ3v) is 23.2. The smallest absolute Gasteiger partial charge is 0.325 e. The first-order valence-electron chi connectivity index (χ1n) is 43.6. The summed E-state index contributed by atoms with van der Waals surface area (Å²) >= 11 is 8.40. The number of amides is 15. The van der Waals surface area contributed by atoms with Crippen LogP contribution in [0.1, 0.15) is 172 Å². The molecule has 127 heavy (non-hydrogen) atoms. The Hall–Kier alpha value is -10.5. The van der Waals surface area contributed by atoms with Gasteiger partial charge in [0.1, 0.15) is 84.6 Å². The number of aliphatic hydroxyl groups is 2. The van der Waals surface area contributed by atoms with Crippen LogP contribution in [0.25, 0.3) is 21.8 Å². The van der Waals surface area contributed by atoms with Gasteiger partial charge in [-0.15, -0.1) is 0 Å². The Balaban J connectivity index is 1.35. The van der Waals surface area contributed by atoms with Crippen LogP contribution in [0.3, 0.4) is 0 Å². The van der Waals surface area contributed by atoms with E-state index < -0.39 is 228 Å². The lowest BCUT2D eigenvalue weighted by Crippen LogP contribution is -2.63. The maximum Gasteiger partial charge on any atom is 0.325 e. The highest BCUT2D eigenvalue weighted by Crippen LogP contribution is 2.26. The number of carbonyl (C=O) groups excluding carboxylic acids is 15. The fraction of sp³-hybridized carbons (Fsp3) is 0.628. The van der Waals surface area contributed by atoms with Crippen LogP contribution in [-0.4, -0.2) is 265 Å². The van der Waals surface area contributed by atoms with Crippen LogP contribution in [0.2, 0.25) is 0 Å². The largest absolute Gasteiger partial charge is 0.480 e. The molecule has 0 saturated carbocycles. The molecule has 1 aliphatic heterocycles. The second-order valence-electron chi connectivity index (χ2n) is 33.9. The molecule has 3 heterocycles. The number of rotatable bonds is 54. The van der Waals surface area contributed by atoms with E-state index in [1.807, 2.05) is 6.07 Å². The summed E-state index contributed by atoms with van der Waals surface area (Å²) < 4.78 is 0. The van der Waals surface area contributed by atoms with Crippen LogP contribution in [0.4, 0.5) is 0 Å². The highest BCUT2D eigenvalue weighted by atomic mass is 32.1. The topological polar surface area (TPSA) is 615 Å². The number of aromatic amines is 2. The van der Waals surface area contributed by atoms with E-state index in [0.29, 0.717) is 78.0 Å². The molecule has 2 aromatic carbocycles. The summed E-state index contributed by atoms with van der Waals surface area (Å²) in [5.41, 5.74) is 20.1. The number of aliphatic carboxylic acids is 1. The Morgan fingerprint density at radius 3 is 1.31 bits per heavy atom. The van der Waals surface area contributed by atoms with Crippen molar-refractivity contribution in [3.05, 3.63) is 72.1 Å². The van der Waals surface area contributed by atoms with Crippen molar-refractivity contribution in [3.8, 4) is 0 Å². The van der Waals surface area contributed by atoms with Crippen molar-refractivity contribution in [1.29, 1.82) is 0 Å². The number of nitrogens with zero attached hydrogens (tertiary/aromatic N) is 1. The Morgan fingerprint density at radius 2 is 0.843 bits per heavy atom. The monoisotopic (exact) mass is 1820 g/mol. The molecule has 4 aromatic rings. The molecule has 0 spiro atoms. The van der Waals surface area contributed by atoms with Gasteiger partial charge >= 0.3 is 5.97 Å². The number of hydrogen-bond donors (Lipinski definition) is 24. The predicted octanol–water partition coefficient (Wildman–Crippen LogP) is -1.39. The lowest BCUT2D eigenvalue weighted by molar-refractivity contribution is -0.143. The van der Waals surface area contributed by atoms with Crippen LogP contribution in [0.15, 0.2) is 60.9 Å². The van der Waals surface area contributed by atoms with Crippen molar-refractivity contribution >= 4 is 142 Å². The van der Waals surface area contributed by atoms with Crippen LogP contribution in [0, 0.1) is 29.6 Å². The van der Waals surface area contributed by atoms with Gasteiger partial charge in [0.25, 0.3) is 0 Å². The molecular formula is C86H136N20O19S2. The molecule has 15 amide bonds. The summed E-state index contributed by atoms with van der Waals surface area (Å²) in [6.07, 6.45) is 2.99. The zero-order valence-corrected chi connectivity index (χ0v) is 76.6. The van der Waals surface area contributed by atoms with Gasteiger partial charge in [-0.2, -0.15) is 25.3 Å². The van der Waals surface area contributed by atoms with Gasteiger partial charge in [-0.05, 0) is 138 Å². The first-order chi connectivity index (χ1) is 60.1. The van der Waals surface area contributed by atoms with E-state index >= 15 is 9.59 Å². The van der Waals surface area contributed by atoms with E-state index in [4.69, 9.17) is 17.2 Å². The van der Waals surface area contributed by atoms with Crippen molar-refractivity contribution in [1.82, 2.24) is 89.3 Å². The summed E-state index contributed by atoms with van der Waals surface area (Å²) in [5.74, 6) is -17.3. The number of aromatic nitrogens is 2. The van der Waals surface area contributed by atoms with Crippen LogP contribution in [0.5, 0.6) is 0 Å². The number of para-hydroxylation sites is 2. The summed E-state index contributed by atoms with van der Waals surface area (Å²) in [6.45, 7) is 20.4. The third-order valence-electron chi connectivity index (χ3n) is 22.5. The molecule has 706 valence electrons. The second kappa shape index (κ2) is 52.7. The van der Waals surface area contributed by atoms with Gasteiger partial charge in [-0.25, -0.2) is 0 Å². The number of carbonyl (C=O) groups is 16. The number of carboxylic acid groups (broad SMARTS) is 1. The Bertz CT molecular complexity index is 4390. The number of H-pyrrole nitrogens is 2. The lowest BCUT2D eigenvalue weighted by Gasteiger charge is -2.33. The minimum absolute atomic E-state index is 0.0244. The van der Waals surface area contributed by atoms with Crippen LogP contribution >= 0.6 is 25.3 Å². The van der Waals surface area contributed by atoms with Crippen molar-refractivity contribution in [2.45, 2.75) is 276 Å². The Kier molecular flexibility index (Phi) is 44.5. The van der Waals surface area contributed by atoms with Crippen LogP contribution in [-0.2, 0) is 89.6 Å². The number of benzene rings is 2. The first kappa shape index (κ1) is 107. The van der Waals surface area contributed by atoms with Gasteiger partial charge in [0, 0.05) is 65.1 Å². The van der Waals surface area contributed by atoms with E-state index in [9.17, 15) is 82.4 Å². The fourth-order valence-corrected chi connectivity index (χ4v) is 15.0.